The first-order chi connectivity index (χ1) is 13.5. The van der Waals surface area contributed by atoms with Crippen molar-refractivity contribution in [2.75, 3.05) is 5.32 Å². The summed E-state index contributed by atoms with van der Waals surface area (Å²) in [5.41, 5.74) is 0.721. The Balaban J connectivity index is 1.25. The Morgan fingerprint density at radius 2 is 1.89 bits per heavy atom. The van der Waals surface area contributed by atoms with Crippen LogP contribution in [0.25, 0.3) is 0 Å². The molecule has 0 saturated heterocycles. The van der Waals surface area contributed by atoms with E-state index in [-0.39, 0.29) is 17.4 Å². The van der Waals surface area contributed by atoms with Crippen LogP contribution in [-0.4, -0.2) is 21.4 Å². The summed E-state index contributed by atoms with van der Waals surface area (Å²) in [5.74, 6) is 2.34. The number of benzene rings is 1. The molecule has 4 fully saturated rings. The monoisotopic (exact) mass is 402 g/mol. The van der Waals surface area contributed by atoms with E-state index in [1.165, 1.54) is 31.4 Å². The minimum atomic E-state index is -0.288. The number of nitrogens with zero attached hydrogens (tertiary/aromatic N) is 2. The van der Waals surface area contributed by atoms with E-state index in [0.29, 0.717) is 17.4 Å². The molecule has 7 heteroatoms. The Morgan fingerprint density at radius 1 is 1.21 bits per heavy atom. The minimum Gasteiger partial charge on any atom is -0.332 e. The first kappa shape index (κ1) is 18.0. The average Bonchev–Trinajstić information content (AvgIpc) is 2.92. The van der Waals surface area contributed by atoms with Gasteiger partial charge >= 0.3 is 6.03 Å². The van der Waals surface area contributed by atoms with E-state index < -0.39 is 0 Å². The van der Waals surface area contributed by atoms with Gasteiger partial charge in [0, 0.05) is 11.7 Å². The molecule has 4 bridgehead atoms. The lowest BCUT2D eigenvalue weighted by atomic mass is 9.53. The van der Waals surface area contributed by atoms with E-state index in [2.05, 4.69) is 15.7 Å². The largest absolute Gasteiger partial charge is 0.332 e. The summed E-state index contributed by atoms with van der Waals surface area (Å²) in [7, 11) is 0. The lowest BCUT2D eigenvalue weighted by Gasteiger charge is -2.56. The van der Waals surface area contributed by atoms with Crippen molar-refractivity contribution in [3.8, 4) is 0 Å². The lowest BCUT2D eigenvalue weighted by molar-refractivity contribution is -0.0127. The number of urea groups is 1. The van der Waals surface area contributed by atoms with Gasteiger partial charge in [-0.2, -0.15) is 5.10 Å². The van der Waals surface area contributed by atoms with Gasteiger partial charge in [-0.25, -0.2) is 9.18 Å². The maximum absolute atomic E-state index is 13.4. The molecule has 1 aromatic carbocycles. The van der Waals surface area contributed by atoms with Crippen molar-refractivity contribution >= 4 is 23.4 Å². The number of aromatic nitrogens is 2. The fraction of sp³-hybridized carbons (Fsp3) is 0.524. The maximum Gasteiger partial charge on any atom is 0.320 e. The zero-order valence-corrected chi connectivity index (χ0v) is 16.4. The van der Waals surface area contributed by atoms with Crippen molar-refractivity contribution in [1.29, 1.82) is 0 Å². The third-order valence-corrected chi connectivity index (χ3v) is 6.88. The molecule has 148 valence electrons. The second kappa shape index (κ2) is 6.76. The van der Waals surface area contributed by atoms with Gasteiger partial charge in [-0.1, -0.05) is 23.7 Å². The normalized spacial score (nSPS) is 30.4. The fourth-order valence-electron chi connectivity index (χ4n) is 6.03. The zero-order chi connectivity index (χ0) is 19.3. The molecular weight excluding hydrogens is 379 g/mol. The summed E-state index contributed by atoms with van der Waals surface area (Å²) < 4.78 is 15.0. The highest BCUT2D eigenvalue weighted by Gasteiger charge is 2.51. The van der Waals surface area contributed by atoms with Crippen molar-refractivity contribution in [3.05, 3.63) is 46.9 Å². The number of rotatable bonds is 4. The minimum absolute atomic E-state index is 0.0601. The second-order valence-corrected chi connectivity index (χ2v) is 9.34. The quantitative estimate of drug-likeness (QED) is 0.770. The summed E-state index contributed by atoms with van der Waals surface area (Å²) in [4.78, 5) is 12.7. The number of carbonyl (C=O) groups is 1. The van der Waals surface area contributed by atoms with Crippen LogP contribution in [0.4, 0.5) is 15.0 Å². The molecule has 2 amide bonds. The molecule has 0 unspecified atom stereocenters. The standard InChI is InChI=1S/C21H24ClFN4O/c22-18-12-27(11-13-2-1-3-17(23)7-13)26-19(18)24-20(28)25-21-8-14-4-15(9-21)6-16(5-14)10-21/h1-3,7,12,14-16H,4-6,8-11H2,(H2,24,25,26,28). The first-order valence-electron chi connectivity index (χ1n) is 10.0. The van der Waals surface area contributed by atoms with Gasteiger partial charge in [0.05, 0.1) is 6.54 Å². The molecule has 28 heavy (non-hydrogen) atoms. The molecule has 4 aliphatic carbocycles. The molecule has 0 spiro atoms. The first-order valence-corrected chi connectivity index (χ1v) is 10.4. The van der Waals surface area contributed by atoms with E-state index >= 15 is 0 Å². The predicted octanol–water partition coefficient (Wildman–Crippen LogP) is 4.81. The van der Waals surface area contributed by atoms with E-state index in [1.807, 2.05) is 6.07 Å². The Bertz CT molecular complexity index is 876. The number of amides is 2. The van der Waals surface area contributed by atoms with Crippen LogP contribution in [0.15, 0.2) is 30.5 Å². The Kier molecular flexibility index (Phi) is 4.34. The fourth-order valence-corrected chi connectivity index (χ4v) is 6.23. The van der Waals surface area contributed by atoms with Crippen LogP contribution in [0.5, 0.6) is 0 Å². The summed E-state index contributed by atoms with van der Waals surface area (Å²) >= 11 is 6.26. The number of nitrogens with one attached hydrogen (secondary N) is 2. The summed E-state index contributed by atoms with van der Waals surface area (Å²) in [6.45, 7) is 0.385. The van der Waals surface area contributed by atoms with Gasteiger partial charge in [-0.3, -0.25) is 10.00 Å². The van der Waals surface area contributed by atoms with Crippen molar-refractivity contribution in [2.45, 2.75) is 50.6 Å². The maximum atomic E-state index is 13.4. The average molecular weight is 403 g/mol. The number of anilines is 1. The van der Waals surface area contributed by atoms with Crippen molar-refractivity contribution in [2.24, 2.45) is 17.8 Å². The van der Waals surface area contributed by atoms with Gasteiger partial charge in [0.25, 0.3) is 0 Å². The molecule has 6 rings (SSSR count). The van der Waals surface area contributed by atoms with Crippen LogP contribution in [0.2, 0.25) is 5.02 Å². The van der Waals surface area contributed by atoms with Gasteiger partial charge in [-0.15, -0.1) is 0 Å². The topological polar surface area (TPSA) is 59.0 Å². The van der Waals surface area contributed by atoms with Crippen LogP contribution in [0, 0.1) is 23.6 Å². The van der Waals surface area contributed by atoms with Crippen LogP contribution in [0.3, 0.4) is 0 Å². The molecule has 2 N–H and O–H groups in total. The van der Waals surface area contributed by atoms with Crippen LogP contribution in [-0.2, 0) is 6.54 Å². The van der Waals surface area contributed by atoms with Crippen LogP contribution >= 0.6 is 11.6 Å². The SMILES string of the molecule is O=C(Nc1nn(Cc2cccc(F)c2)cc1Cl)NC12CC3CC(CC(C3)C1)C2. The smallest absolute Gasteiger partial charge is 0.320 e. The molecule has 4 saturated carbocycles. The molecule has 1 aromatic heterocycles. The number of halogens is 2. The highest BCUT2D eigenvalue weighted by Crippen LogP contribution is 2.55. The van der Waals surface area contributed by atoms with Crippen LogP contribution in [0.1, 0.15) is 44.1 Å². The van der Waals surface area contributed by atoms with Crippen LogP contribution < -0.4 is 10.6 Å². The Morgan fingerprint density at radius 3 is 2.54 bits per heavy atom. The molecular formula is C21H24ClFN4O. The summed E-state index contributed by atoms with van der Waals surface area (Å²) in [6, 6.07) is 6.11. The molecule has 0 radical (unpaired) electrons. The number of hydrogen-bond acceptors (Lipinski definition) is 2. The predicted molar refractivity (Wildman–Crippen MR) is 106 cm³/mol. The van der Waals surface area contributed by atoms with Gasteiger partial charge in [0.15, 0.2) is 5.82 Å². The molecule has 5 nitrogen and oxygen atoms in total. The summed E-state index contributed by atoms with van der Waals surface area (Å²) in [5, 5.41) is 10.8. The van der Waals surface area contributed by atoms with Gasteiger partial charge in [0.2, 0.25) is 0 Å². The van der Waals surface area contributed by atoms with Gasteiger partial charge in [0.1, 0.15) is 10.8 Å². The number of carbonyl (C=O) groups excluding carboxylic acids is 1. The van der Waals surface area contributed by atoms with E-state index in [0.717, 1.165) is 42.6 Å². The third-order valence-electron chi connectivity index (χ3n) is 6.60. The second-order valence-electron chi connectivity index (χ2n) is 8.93. The van der Waals surface area contributed by atoms with E-state index in [1.54, 1.807) is 16.9 Å². The van der Waals surface area contributed by atoms with Gasteiger partial charge < -0.3 is 5.32 Å². The Hall–Kier alpha value is -2.08. The lowest BCUT2D eigenvalue weighted by Crippen LogP contribution is -2.60. The molecule has 0 aliphatic heterocycles. The van der Waals surface area contributed by atoms with Crippen molar-refractivity contribution in [1.82, 2.24) is 15.1 Å². The molecule has 4 aliphatic rings. The molecule has 0 atom stereocenters. The summed E-state index contributed by atoms with van der Waals surface area (Å²) in [6.07, 6.45) is 8.92. The zero-order valence-electron chi connectivity index (χ0n) is 15.6. The van der Waals surface area contributed by atoms with Crippen molar-refractivity contribution in [3.63, 3.8) is 0 Å². The third kappa shape index (κ3) is 3.50. The molecule has 1 heterocycles. The van der Waals surface area contributed by atoms with Crippen molar-refractivity contribution < 1.29 is 9.18 Å². The van der Waals surface area contributed by atoms with Gasteiger partial charge in [-0.05, 0) is 74.0 Å². The highest BCUT2D eigenvalue weighted by molar-refractivity contribution is 6.33. The van der Waals surface area contributed by atoms with E-state index in [9.17, 15) is 9.18 Å². The molecule has 2 aromatic rings. The van der Waals surface area contributed by atoms with E-state index in [4.69, 9.17) is 11.6 Å². The number of hydrogen-bond donors (Lipinski definition) is 2. The highest BCUT2D eigenvalue weighted by atomic mass is 35.5. The Labute approximate surface area is 168 Å².